The molecule has 0 saturated carbocycles. The Morgan fingerprint density at radius 1 is 1.28 bits per heavy atom. The van der Waals surface area contributed by atoms with Crippen molar-refractivity contribution >= 4 is 38.7 Å². The molecule has 1 aliphatic rings. The van der Waals surface area contributed by atoms with Crippen molar-refractivity contribution < 1.29 is 22.7 Å². The standard InChI is InChI=1S/C20H24N2O5S2/c1-3-27-20(24)19-16(11-17(28-19)14-7-5-4-6-8-14)21-18(23)12-22(2)15-9-10-29(25,26)13-15/h4-8,11,15H,3,9-10,12-13H2,1-2H3,(H,21,23)/t15-/m0/s1. The lowest BCUT2D eigenvalue weighted by molar-refractivity contribution is -0.117. The molecule has 0 radical (unpaired) electrons. The maximum absolute atomic E-state index is 12.6. The van der Waals surface area contributed by atoms with Crippen molar-refractivity contribution in [1.29, 1.82) is 0 Å². The molecular formula is C20H24N2O5S2. The molecule has 7 nitrogen and oxygen atoms in total. The molecule has 0 bridgehead atoms. The minimum atomic E-state index is -3.02. The molecule has 9 heteroatoms. The van der Waals surface area contributed by atoms with Crippen LogP contribution in [-0.4, -0.2) is 62.9 Å². The van der Waals surface area contributed by atoms with Crippen LogP contribution in [0.3, 0.4) is 0 Å². The van der Waals surface area contributed by atoms with Crippen molar-refractivity contribution in [3.8, 4) is 10.4 Å². The Kier molecular flexibility index (Phi) is 6.71. The summed E-state index contributed by atoms with van der Waals surface area (Å²) >= 11 is 1.26. The Morgan fingerprint density at radius 3 is 2.62 bits per heavy atom. The largest absolute Gasteiger partial charge is 0.462 e. The van der Waals surface area contributed by atoms with E-state index in [1.54, 1.807) is 24.9 Å². The quantitative estimate of drug-likeness (QED) is 0.671. The van der Waals surface area contributed by atoms with Crippen molar-refractivity contribution in [2.45, 2.75) is 19.4 Å². The fraction of sp³-hybridized carbons (Fsp3) is 0.400. The zero-order valence-electron chi connectivity index (χ0n) is 16.4. The van der Waals surface area contributed by atoms with Gasteiger partial charge in [0.25, 0.3) is 0 Å². The van der Waals surface area contributed by atoms with Crippen LogP contribution in [0.2, 0.25) is 0 Å². The lowest BCUT2D eigenvalue weighted by Gasteiger charge is -2.22. The van der Waals surface area contributed by atoms with Gasteiger partial charge in [-0.3, -0.25) is 9.69 Å². The molecule has 0 aliphatic carbocycles. The van der Waals surface area contributed by atoms with E-state index >= 15 is 0 Å². The van der Waals surface area contributed by atoms with Gasteiger partial charge >= 0.3 is 5.97 Å². The Labute approximate surface area is 174 Å². The SMILES string of the molecule is CCOC(=O)c1sc(-c2ccccc2)cc1NC(=O)CN(C)[C@H]1CCS(=O)(=O)C1. The number of carbonyl (C=O) groups is 2. The third-order valence-electron chi connectivity index (χ3n) is 4.75. The number of rotatable bonds is 7. The molecule has 1 saturated heterocycles. The number of ether oxygens (including phenoxy) is 1. The zero-order valence-corrected chi connectivity index (χ0v) is 18.0. The second-order valence-corrected chi connectivity index (χ2v) is 10.2. The number of esters is 1. The molecule has 1 fully saturated rings. The second-order valence-electron chi connectivity index (χ2n) is 6.96. The van der Waals surface area contributed by atoms with Crippen molar-refractivity contribution in [1.82, 2.24) is 4.90 Å². The van der Waals surface area contributed by atoms with Gasteiger partial charge in [-0.25, -0.2) is 13.2 Å². The molecule has 156 valence electrons. The Morgan fingerprint density at radius 2 is 2.00 bits per heavy atom. The highest BCUT2D eigenvalue weighted by Crippen LogP contribution is 2.35. The summed E-state index contributed by atoms with van der Waals surface area (Å²) in [6, 6.07) is 11.2. The van der Waals surface area contributed by atoms with Gasteiger partial charge in [-0.2, -0.15) is 0 Å². The fourth-order valence-corrected chi connectivity index (χ4v) is 6.06. The number of carbonyl (C=O) groups excluding carboxylic acids is 2. The molecule has 2 aromatic rings. The fourth-order valence-electron chi connectivity index (χ4n) is 3.25. The number of thiophene rings is 1. The van der Waals surface area contributed by atoms with Gasteiger partial charge in [0.15, 0.2) is 9.84 Å². The average molecular weight is 437 g/mol. The molecule has 29 heavy (non-hydrogen) atoms. The van der Waals surface area contributed by atoms with Crippen molar-refractivity contribution in [2.75, 3.05) is 37.0 Å². The molecule has 3 rings (SSSR count). The Balaban J connectivity index is 1.75. The van der Waals surface area contributed by atoms with Gasteiger partial charge in [0, 0.05) is 10.9 Å². The number of hydrogen-bond donors (Lipinski definition) is 1. The lowest BCUT2D eigenvalue weighted by Crippen LogP contribution is -2.38. The van der Waals surface area contributed by atoms with E-state index in [9.17, 15) is 18.0 Å². The normalized spacial score (nSPS) is 18.0. The highest BCUT2D eigenvalue weighted by molar-refractivity contribution is 7.91. The predicted octanol–water partition coefficient (Wildman–Crippen LogP) is 2.65. The molecule has 1 aromatic carbocycles. The van der Waals surface area contributed by atoms with Crippen LogP contribution in [0.4, 0.5) is 5.69 Å². The van der Waals surface area contributed by atoms with Crippen molar-refractivity contribution in [2.24, 2.45) is 0 Å². The van der Waals surface area contributed by atoms with E-state index in [0.717, 1.165) is 10.4 Å². The number of amides is 1. The third kappa shape index (κ3) is 5.43. The average Bonchev–Trinajstić information content (AvgIpc) is 3.26. The van der Waals surface area contributed by atoms with E-state index in [1.165, 1.54) is 11.3 Å². The van der Waals surface area contributed by atoms with Crippen molar-refractivity contribution in [3.05, 3.63) is 41.3 Å². The molecule has 1 aromatic heterocycles. The topological polar surface area (TPSA) is 92.8 Å². The van der Waals surface area contributed by atoms with Crippen LogP contribution < -0.4 is 5.32 Å². The van der Waals surface area contributed by atoms with E-state index < -0.39 is 15.8 Å². The van der Waals surface area contributed by atoms with Crippen LogP contribution in [0.1, 0.15) is 23.0 Å². The summed E-state index contributed by atoms with van der Waals surface area (Å²) in [7, 11) is -1.28. The Bertz CT molecular complexity index is 986. The van der Waals surface area contributed by atoms with Crippen LogP contribution in [0.15, 0.2) is 36.4 Å². The first kappa shape index (κ1) is 21.5. The minimum Gasteiger partial charge on any atom is -0.462 e. The van der Waals surface area contributed by atoms with E-state index in [0.29, 0.717) is 17.0 Å². The maximum Gasteiger partial charge on any atom is 0.350 e. The van der Waals surface area contributed by atoms with Crippen LogP contribution in [0, 0.1) is 0 Å². The number of nitrogens with one attached hydrogen (secondary N) is 1. The number of hydrogen-bond acceptors (Lipinski definition) is 7. The summed E-state index contributed by atoms with van der Waals surface area (Å²) in [6.45, 7) is 2.01. The summed E-state index contributed by atoms with van der Waals surface area (Å²) in [5, 5.41) is 2.79. The maximum atomic E-state index is 12.6. The number of sulfone groups is 1. The van der Waals surface area contributed by atoms with E-state index in [-0.39, 0.29) is 36.6 Å². The first-order valence-electron chi connectivity index (χ1n) is 9.36. The molecular weight excluding hydrogens is 412 g/mol. The monoisotopic (exact) mass is 436 g/mol. The van der Waals surface area contributed by atoms with Crippen LogP contribution >= 0.6 is 11.3 Å². The first-order chi connectivity index (χ1) is 13.8. The van der Waals surface area contributed by atoms with Gasteiger partial charge in [-0.05, 0) is 32.0 Å². The summed E-state index contributed by atoms with van der Waals surface area (Å²) in [6.07, 6.45) is 0.525. The molecule has 2 heterocycles. The second kappa shape index (κ2) is 9.06. The summed E-state index contributed by atoms with van der Waals surface area (Å²) < 4.78 is 28.5. The van der Waals surface area contributed by atoms with E-state index in [2.05, 4.69) is 5.32 Å². The van der Waals surface area contributed by atoms with Crippen molar-refractivity contribution in [3.63, 3.8) is 0 Å². The molecule has 1 atom stereocenters. The summed E-state index contributed by atoms with van der Waals surface area (Å²) in [5.41, 5.74) is 1.35. The first-order valence-corrected chi connectivity index (χ1v) is 12.0. The highest BCUT2D eigenvalue weighted by atomic mass is 32.2. The van der Waals surface area contributed by atoms with E-state index in [1.807, 2.05) is 30.3 Å². The number of anilines is 1. The lowest BCUT2D eigenvalue weighted by atomic mass is 10.2. The van der Waals surface area contributed by atoms with Gasteiger partial charge < -0.3 is 10.1 Å². The number of likely N-dealkylation sites (N-methyl/N-ethyl adjacent to an activating group) is 1. The molecule has 0 spiro atoms. The van der Waals surface area contributed by atoms with Gasteiger partial charge in [0.2, 0.25) is 5.91 Å². The van der Waals surface area contributed by atoms with E-state index in [4.69, 9.17) is 4.74 Å². The van der Waals surface area contributed by atoms with Gasteiger partial charge in [-0.1, -0.05) is 30.3 Å². The Hall–Kier alpha value is -2.23. The van der Waals surface area contributed by atoms with Crippen LogP contribution in [0.5, 0.6) is 0 Å². The smallest absolute Gasteiger partial charge is 0.350 e. The third-order valence-corrected chi connectivity index (χ3v) is 7.66. The van der Waals surface area contributed by atoms with Crippen LogP contribution in [-0.2, 0) is 19.4 Å². The van der Waals surface area contributed by atoms with Gasteiger partial charge in [0.05, 0.1) is 30.3 Å². The molecule has 1 aliphatic heterocycles. The number of nitrogens with zero attached hydrogens (tertiary/aromatic N) is 1. The number of benzene rings is 1. The molecule has 1 amide bonds. The van der Waals surface area contributed by atoms with Crippen LogP contribution in [0.25, 0.3) is 10.4 Å². The summed E-state index contributed by atoms with van der Waals surface area (Å²) in [4.78, 5) is 27.9. The molecule has 0 unspecified atom stereocenters. The molecule has 1 N–H and O–H groups in total. The van der Waals surface area contributed by atoms with Gasteiger partial charge in [-0.15, -0.1) is 11.3 Å². The zero-order chi connectivity index (χ0) is 21.0. The van der Waals surface area contributed by atoms with Gasteiger partial charge in [0.1, 0.15) is 4.88 Å². The predicted molar refractivity (Wildman–Crippen MR) is 114 cm³/mol. The highest BCUT2D eigenvalue weighted by Gasteiger charge is 2.31. The summed E-state index contributed by atoms with van der Waals surface area (Å²) in [5.74, 6) is -0.562. The minimum absolute atomic E-state index is 0.0406.